The van der Waals surface area contributed by atoms with Crippen molar-refractivity contribution in [3.8, 4) is 0 Å². The quantitative estimate of drug-likeness (QED) is 0.497. The molecule has 0 bridgehead atoms. The molecule has 2 aromatic rings. The number of carbonyl (C=O) groups excluding carboxylic acids is 2. The zero-order valence-electron chi connectivity index (χ0n) is 10.8. The van der Waals surface area contributed by atoms with Crippen LogP contribution in [-0.2, 0) is 9.53 Å². The number of fused-ring (bicyclic) bond motifs is 1. The van der Waals surface area contributed by atoms with Gasteiger partial charge in [-0.1, -0.05) is 28.7 Å². The molecule has 0 spiro atoms. The summed E-state index contributed by atoms with van der Waals surface area (Å²) in [5.41, 5.74) is 1.38. The molecule has 1 unspecified atom stereocenters. The summed E-state index contributed by atoms with van der Waals surface area (Å²) in [7, 11) is 1.33. The van der Waals surface area contributed by atoms with Crippen LogP contribution in [0.1, 0.15) is 10.4 Å². The monoisotopic (exact) mass is 384 g/mol. The Morgan fingerprint density at radius 2 is 2.20 bits per heavy atom. The predicted molar refractivity (Wildman–Crippen MR) is 83.9 cm³/mol. The summed E-state index contributed by atoms with van der Waals surface area (Å²) >= 11 is 1.94. The lowest BCUT2D eigenvalue weighted by atomic mass is 10.1. The topological polar surface area (TPSA) is 68.3 Å². The molecule has 0 radical (unpaired) electrons. The molecule has 1 amide bonds. The minimum atomic E-state index is -0.399. The van der Waals surface area contributed by atoms with Crippen molar-refractivity contribution < 1.29 is 14.3 Å². The molecule has 1 aromatic carbocycles. The first kappa shape index (κ1) is 14.7. The Morgan fingerprint density at radius 3 is 2.95 bits per heavy atom. The van der Waals surface area contributed by atoms with E-state index in [0.717, 1.165) is 10.9 Å². The van der Waals surface area contributed by atoms with Crippen LogP contribution in [0.4, 0.5) is 0 Å². The maximum atomic E-state index is 12.0. The average molecular weight is 384 g/mol. The molecule has 0 fully saturated rings. The van der Waals surface area contributed by atoms with Gasteiger partial charge in [0.15, 0.2) is 0 Å². The lowest BCUT2D eigenvalue weighted by Crippen LogP contribution is -2.33. The molecule has 0 aliphatic rings. The second-order valence-corrected chi connectivity index (χ2v) is 5.62. The van der Waals surface area contributed by atoms with Gasteiger partial charge in [-0.25, -0.2) is 0 Å². The van der Waals surface area contributed by atoms with Gasteiger partial charge in [0, 0.05) is 23.7 Å². The summed E-state index contributed by atoms with van der Waals surface area (Å²) in [4.78, 5) is 27.5. The van der Waals surface area contributed by atoms with Crippen molar-refractivity contribution in [2.45, 2.75) is 3.92 Å². The van der Waals surface area contributed by atoms with E-state index in [1.165, 1.54) is 7.11 Å². The number of benzene rings is 1. The Labute approximate surface area is 129 Å². The lowest BCUT2D eigenvalue weighted by Gasteiger charge is -2.09. The lowest BCUT2D eigenvalue weighted by molar-refractivity contribution is -0.139. The summed E-state index contributed by atoms with van der Waals surface area (Å²) in [6.45, 7) is 0.233. The second-order valence-electron chi connectivity index (χ2n) is 4.11. The molecule has 1 heterocycles. The van der Waals surface area contributed by atoms with Crippen LogP contribution in [0.2, 0.25) is 0 Å². The number of nitrogens with zero attached hydrogens (tertiary/aromatic N) is 1. The van der Waals surface area contributed by atoms with Gasteiger partial charge in [0.25, 0.3) is 5.91 Å². The molecule has 0 aliphatic carbocycles. The molecule has 0 saturated carbocycles. The first-order chi connectivity index (χ1) is 9.61. The van der Waals surface area contributed by atoms with Crippen LogP contribution in [0, 0.1) is 0 Å². The number of hydrogen-bond acceptors (Lipinski definition) is 4. The zero-order chi connectivity index (χ0) is 14.5. The van der Waals surface area contributed by atoms with Crippen molar-refractivity contribution in [2.24, 2.45) is 0 Å². The zero-order valence-corrected chi connectivity index (χ0v) is 13.0. The summed E-state index contributed by atoms with van der Waals surface area (Å²) < 4.78 is 4.20. The third-order valence-electron chi connectivity index (χ3n) is 2.76. The first-order valence-electron chi connectivity index (χ1n) is 5.96. The van der Waals surface area contributed by atoms with E-state index in [0.29, 0.717) is 5.56 Å². The summed E-state index contributed by atoms with van der Waals surface area (Å²) in [5.74, 6) is -0.574. The van der Waals surface area contributed by atoms with Gasteiger partial charge in [0.2, 0.25) is 0 Å². The van der Waals surface area contributed by atoms with Crippen LogP contribution in [0.15, 0.2) is 36.5 Å². The van der Waals surface area contributed by atoms with E-state index in [9.17, 15) is 9.59 Å². The fourth-order valence-corrected chi connectivity index (χ4v) is 2.19. The SMILES string of the molecule is COC(=O)C(I)CNC(=O)c1ccc2ncccc2c1. The maximum absolute atomic E-state index is 12.0. The van der Waals surface area contributed by atoms with E-state index in [1.807, 2.05) is 34.7 Å². The van der Waals surface area contributed by atoms with Gasteiger partial charge in [-0.3, -0.25) is 14.6 Å². The maximum Gasteiger partial charge on any atom is 0.320 e. The number of hydrogen-bond donors (Lipinski definition) is 1. The van der Waals surface area contributed by atoms with Gasteiger partial charge in [-0.05, 0) is 24.3 Å². The molecule has 1 N–H and O–H groups in total. The Hall–Kier alpha value is -1.70. The molecular formula is C14H13IN2O3. The summed E-state index contributed by atoms with van der Waals surface area (Å²) in [5, 5.41) is 3.61. The highest BCUT2D eigenvalue weighted by Gasteiger charge is 2.16. The Bertz CT molecular complexity index is 645. The smallest absolute Gasteiger partial charge is 0.320 e. The van der Waals surface area contributed by atoms with Gasteiger partial charge in [-0.2, -0.15) is 0 Å². The van der Waals surface area contributed by atoms with Crippen molar-refractivity contribution in [1.29, 1.82) is 0 Å². The van der Waals surface area contributed by atoms with Gasteiger partial charge in [-0.15, -0.1) is 0 Å². The normalized spacial score (nSPS) is 11.9. The fourth-order valence-electron chi connectivity index (χ4n) is 1.71. The number of aromatic nitrogens is 1. The molecule has 1 aromatic heterocycles. The van der Waals surface area contributed by atoms with Crippen LogP contribution in [-0.4, -0.2) is 34.4 Å². The van der Waals surface area contributed by atoms with Crippen molar-refractivity contribution >= 4 is 45.4 Å². The molecule has 5 nitrogen and oxygen atoms in total. The van der Waals surface area contributed by atoms with E-state index in [2.05, 4.69) is 15.0 Å². The number of alkyl halides is 1. The highest BCUT2D eigenvalue weighted by atomic mass is 127. The predicted octanol–water partition coefficient (Wildman–Crippen LogP) is 1.94. The number of carbonyl (C=O) groups is 2. The number of methoxy groups -OCH3 is 1. The van der Waals surface area contributed by atoms with Gasteiger partial charge in [0.1, 0.15) is 3.92 Å². The second kappa shape index (κ2) is 6.65. The van der Waals surface area contributed by atoms with E-state index in [-0.39, 0.29) is 18.4 Å². The van der Waals surface area contributed by atoms with Crippen LogP contribution in [0.25, 0.3) is 10.9 Å². The summed E-state index contributed by atoms with van der Waals surface area (Å²) in [6, 6.07) is 9.01. The molecule has 2 rings (SSSR count). The largest absolute Gasteiger partial charge is 0.468 e. The van der Waals surface area contributed by atoms with Crippen LogP contribution < -0.4 is 5.32 Å². The number of esters is 1. The van der Waals surface area contributed by atoms with E-state index in [1.54, 1.807) is 24.4 Å². The number of rotatable bonds is 4. The number of amides is 1. The Kier molecular flexibility index (Phi) is 4.89. The van der Waals surface area contributed by atoms with Gasteiger partial charge < -0.3 is 10.1 Å². The number of nitrogens with one attached hydrogen (secondary N) is 1. The summed E-state index contributed by atoms with van der Waals surface area (Å²) in [6.07, 6.45) is 1.71. The number of ether oxygens (including phenoxy) is 1. The van der Waals surface area contributed by atoms with Crippen molar-refractivity contribution in [3.63, 3.8) is 0 Å². The third-order valence-corrected chi connectivity index (χ3v) is 3.71. The van der Waals surface area contributed by atoms with Crippen LogP contribution in [0.3, 0.4) is 0 Å². The minimum absolute atomic E-state index is 0.221. The van der Waals surface area contributed by atoms with E-state index < -0.39 is 3.92 Å². The molecule has 1 atom stereocenters. The standard InChI is InChI=1S/C14H13IN2O3/c1-20-14(19)11(15)8-17-13(18)10-4-5-12-9(7-10)3-2-6-16-12/h2-7,11H,8H2,1H3,(H,17,18). The van der Waals surface area contributed by atoms with Crippen molar-refractivity contribution in [1.82, 2.24) is 10.3 Å². The van der Waals surface area contributed by atoms with Crippen LogP contribution >= 0.6 is 22.6 Å². The van der Waals surface area contributed by atoms with Crippen molar-refractivity contribution in [2.75, 3.05) is 13.7 Å². The number of halogens is 1. The molecule has 6 heteroatoms. The molecular weight excluding hydrogens is 371 g/mol. The molecule has 104 valence electrons. The first-order valence-corrected chi connectivity index (χ1v) is 7.21. The molecule has 0 aliphatic heterocycles. The Morgan fingerprint density at radius 1 is 1.40 bits per heavy atom. The molecule has 20 heavy (non-hydrogen) atoms. The minimum Gasteiger partial charge on any atom is -0.468 e. The van der Waals surface area contributed by atoms with Crippen LogP contribution in [0.5, 0.6) is 0 Å². The van der Waals surface area contributed by atoms with E-state index >= 15 is 0 Å². The van der Waals surface area contributed by atoms with Gasteiger partial charge >= 0.3 is 5.97 Å². The average Bonchev–Trinajstić information content (AvgIpc) is 2.50. The van der Waals surface area contributed by atoms with Crippen molar-refractivity contribution in [3.05, 3.63) is 42.1 Å². The Balaban J connectivity index is 2.06. The highest BCUT2D eigenvalue weighted by Crippen LogP contribution is 2.13. The molecule has 0 saturated heterocycles. The van der Waals surface area contributed by atoms with E-state index in [4.69, 9.17) is 0 Å². The number of pyridine rings is 1. The highest BCUT2D eigenvalue weighted by molar-refractivity contribution is 14.1. The fraction of sp³-hybridized carbons (Fsp3) is 0.214. The van der Waals surface area contributed by atoms with Gasteiger partial charge in [0.05, 0.1) is 12.6 Å². The third kappa shape index (κ3) is 3.44.